The summed E-state index contributed by atoms with van der Waals surface area (Å²) >= 11 is 1.44. The van der Waals surface area contributed by atoms with Crippen LogP contribution in [0.4, 0.5) is 0 Å². The lowest BCUT2D eigenvalue weighted by Gasteiger charge is -2.26. The Hall–Kier alpha value is -3.20. The number of likely N-dealkylation sites (tertiary alicyclic amines) is 1. The maximum Gasteiger partial charge on any atom is 0.233 e. The number of amides is 1. The number of carbonyl (C=O) groups is 1. The summed E-state index contributed by atoms with van der Waals surface area (Å²) in [4.78, 5) is 19.7. The highest BCUT2D eigenvalue weighted by Gasteiger charge is 2.31. The highest BCUT2D eigenvalue weighted by Crippen LogP contribution is 2.38. The number of thioether (sulfide) groups is 1. The molecule has 1 unspecified atom stereocenters. The van der Waals surface area contributed by atoms with Gasteiger partial charge in [-0.1, -0.05) is 30.0 Å². The van der Waals surface area contributed by atoms with Crippen LogP contribution in [0.2, 0.25) is 0 Å². The van der Waals surface area contributed by atoms with E-state index in [0.717, 1.165) is 52.6 Å². The van der Waals surface area contributed by atoms with Crippen molar-refractivity contribution in [2.24, 2.45) is 0 Å². The normalized spacial score (nSPS) is 18.2. The largest absolute Gasteiger partial charge is 0.486 e. The van der Waals surface area contributed by atoms with Crippen LogP contribution in [-0.4, -0.2) is 55.9 Å². The Morgan fingerprint density at radius 2 is 2.03 bits per heavy atom. The van der Waals surface area contributed by atoms with Gasteiger partial charge in [-0.05, 0) is 42.7 Å². The molecule has 1 amide bonds. The number of fused-ring (bicyclic) bond motifs is 4. The second-order valence-corrected chi connectivity index (χ2v) is 8.65. The number of aromatic nitrogens is 4. The van der Waals surface area contributed by atoms with Gasteiger partial charge in [0.05, 0.1) is 22.8 Å². The zero-order valence-corrected chi connectivity index (χ0v) is 17.6. The standard InChI is InChI=1S/C22H21N5O3S/c28-20(13-31-22-25-24-21-23-15-4-1-2-5-17(15)27(21)22)26-9-3-6-16(26)14-7-8-18-19(12-14)30-11-10-29-18/h1-2,4-5,7-8,12,16H,3,6,9-11,13H2,(H,23,24). The lowest BCUT2D eigenvalue weighted by Crippen LogP contribution is -2.32. The number of hydrogen-bond acceptors (Lipinski definition) is 6. The summed E-state index contributed by atoms with van der Waals surface area (Å²) in [5.41, 5.74) is 2.99. The third-order valence-electron chi connectivity index (χ3n) is 5.85. The van der Waals surface area contributed by atoms with E-state index >= 15 is 0 Å². The molecule has 2 aliphatic rings. The molecule has 9 heteroatoms. The molecule has 31 heavy (non-hydrogen) atoms. The zero-order valence-electron chi connectivity index (χ0n) is 16.8. The van der Waals surface area contributed by atoms with Crippen molar-refractivity contribution in [1.29, 1.82) is 0 Å². The molecule has 0 aliphatic carbocycles. The van der Waals surface area contributed by atoms with Crippen molar-refractivity contribution in [3.05, 3.63) is 48.0 Å². The molecule has 8 nitrogen and oxygen atoms in total. The molecule has 6 rings (SSSR count). The van der Waals surface area contributed by atoms with Crippen molar-refractivity contribution < 1.29 is 14.3 Å². The maximum atomic E-state index is 13.1. The van der Waals surface area contributed by atoms with Crippen LogP contribution in [0.15, 0.2) is 47.6 Å². The highest BCUT2D eigenvalue weighted by atomic mass is 32.2. The van der Waals surface area contributed by atoms with Gasteiger partial charge >= 0.3 is 0 Å². The van der Waals surface area contributed by atoms with E-state index in [1.54, 1.807) is 0 Å². The minimum Gasteiger partial charge on any atom is -0.486 e. The first-order valence-electron chi connectivity index (χ1n) is 10.4. The molecular formula is C22H21N5O3S. The van der Waals surface area contributed by atoms with Gasteiger partial charge in [0.2, 0.25) is 11.7 Å². The van der Waals surface area contributed by atoms with E-state index in [4.69, 9.17) is 9.47 Å². The second kappa shape index (κ2) is 7.49. The number of aromatic amines is 1. The summed E-state index contributed by atoms with van der Waals surface area (Å²) in [6, 6.07) is 14.0. The second-order valence-electron chi connectivity index (χ2n) is 7.70. The molecule has 2 aromatic carbocycles. The molecule has 1 atom stereocenters. The molecule has 0 radical (unpaired) electrons. The average Bonchev–Trinajstić information content (AvgIpc) is 3.52. The topological polar surface area (TPSA) is 84.8 Å². The van der Waals surface area contributed by atoms with Crippen LogP contribution < -0.4 is 9.47 Å². The van der Waals surface area contributed by atoms with Crippen LogP contribution in [0.5, 0.6) is 11.5 Å². The molecule has 0 bridgehead atoms. The molecule has 1 fully saturated rings. The fourth-order valence-electron chi connectivity index (χ4n) is 4.43. The SMILES string of the molecule is O=C(CSc1n[nH]c2nc3ccccc3n12)N1CCCC1c1ccc2c(c1)OCCO2. The number of ether oxygens (including phenoxy) is 2. The van der Waals surface area contributed by atoms with Crippen molar-refractivity contribution in [3.63, 3.8) is 0 Å². The van der Waals surface area contributed by atoms with E-state index in [0.29, 0.717) is 24.7 Å². The number of rotatable bonds is 4. The Bertz CT molecular complexity index is 1280. The number of imidazole rings is 1. The smallest absolute Gasteiger partial charge is 0.233 e. The van der Waals surface area contributed by atoms with E-state index in [9.17, 15) is 4.79 Å². The van der Waals surface area contributed by atoms with Gasteiger partial charge in [0.1, 0.15) is 13.2 Å². The first-order chi connectivity index (χ1) is 15.3. The van der Waals surface area contributed by atoms with Crippen LogP contribution >= 0.6 is 11.8 Å². The van der Waals surface area contributed by atoms with Crippen molar-refractivity contribution in [2.75, 3.05) is 25.5 Å². The zero-order chi connectivity index (χ0) is 20.8. The summed E-state index contributed by atoms with van der Waals surface area (Å²) < 4.78 is 13.3. The van der Waals surface area contributed by atoms with E-state index in [1.807, 2.05) is 51.8 Å². The molecule has 1 saturated heterocycles. The predicted octanol–water partition coefficient (Wildman–Crippen LogP) is 3.44. The van der Waals surface area contributed by atoms with Gasteiger partial charge in [-0.15, -0.1) is 5.10 Å². The average molecular weight is 436 g/mol. The van der Waals surface area contributed by atoms with E-state index < -0.39 is 0 Å². The lowest BCUT2D eigenvalue weighted by molar-refractivity contribution is -0.129. The minimum absolute atomic E-state index is 0.0669. The molecule has 0 saturated carbocycles. The maximum absolute atomic E-state index is 13.1. The first kappa shape index (κ1) is 18.6. The third-order valence-corrected chi connectivity index (χ3v) is 6.78. The number of H-pyrrole nitrogens is 1. The molecule has 2 aromatic heterocycles. The lowest BCUT2D eigenvalue weighted by atomic mass is 10.0. The van der Waals surface area contributed by atoms with Crippen molar-refractivity contribution in [2.45, 2.75) is 24.0 Å². The summed E-state index contributed by atoms with van der Waals surface area (Å²) in [6.07, 6.45) is 1.95. The molecule has 158 valence electrons. The van der Waals surface area contributed by atoms with Crippen LogP contribution in [0.3, 0.4) is 0 Å². The van der Waals surface area contributed by atoms with Crippen LogP contribution in [0.1, 0.15) is 24.4 Å². The number of benzene rings is 2. The van der Waals surface area contributed by atoms with E-state index in [2.05, 4.69) is 15.2 Å². The summed E-state index contributed by atoms with van der Waals surface area (Å²) in [6.45, 7) is 1.90. The first-order valence-corrected chi connectivity index (χ1v) is 11.4. The summed E-state index contributed by atoms with van der Waals surface area (Å²) in [5, 5.41) is 8.07. The molecule has 0 spiro atoms. The van der Waals surface area contributed by atoms with Gasteiger partial charge < -0.3 is 14.4 Å². The third kappa shape index (κ3) is 3.20. The quantitative estimate of drug-likeness (QED) is 0.495. The Morgan fingerprint density at radius 3 is 2.97 bits per heavy atom. The van der Waals surface area contributed by atoms with Gasteiger partial charge in [0.15, 0.2) is 16.7 Å². The predicted molar refractivity (Wildman–Crippen MR) is 117 cm³/mol. The Labute approximate surface area is 182 Å². The van der Waals surface area contributed by atoms with Gasteiger partial charge in [-0.3, -0.25) is 9.20 Å². The number of carbonyl (C=O) groups excluding carboxylic acids is 1. The highest BCUT2D eigenvalue weighted by molar-refractivity contribution is 7.99. The fraction of sp³-hybridized carbons (Fsp3) is 0.318. The van der Waals surface area contributed by atoms with Crippen LogP contribution in [-0.2, 0) is 4.79 Å². The number of nitrogens with one attached hydrogen (secondary N) is 1. The number of para-hydroxylation sites is 2. The number of nitrogens with zero attached hydrogens (tertiary/aromatic N) is 4. The van der Waals surface area contributed by atoms with Crippen molar-refractivity contribution in [3.8, 4) is 11.5 Å². The van der Waals surface area contributed by atoms with Crippen LogP contribution in [0.25, 0.3) is 16.8 Å². The van der Waals surface area contributed by atoms with Crippen molar-refractivity contribution in [1.82, 2.24) is 24.5 Å². The molecule has 4 aromatic rings. The summed E-state index contributed by atoms with van der Waals surface area (Å²) in [7, 11) is 0. The molecular weight excluding hydrogens is 414 g/mol. The van der Waals surface area contributed by atoms with Crippen LogP contribution in [0, 0.1) is 0 Å². The van der Waals surface area contributed by atoms with Crippen molar-refractivity contribution >= 4 is 34.5 Å². The van der Waals surface area contributed by atoms with Gasteiger partial charge in [-0.2, -0.15) is 0 Å². The van der Waals surface area contributed by atoms with Gasteiger partial charge in [0, 0.05) is 6.54 Å². The van der Waals surface area contributed by atoms with E-state index in [1.165, 1.54) is 11.8 Å². The van der Waals surface area contributed by atoms with E-state index in [-0.39, 0.29) is 11.9 Å². The molecule has 4 heterocycles. The number of hydrogen-bond donors (Lipinski definition) is 1. The van der Waals surface area contributed by atoms with Gasteiger partial charge in [0.25, 0.3) is 0 Å². The Balaban J connectivity index is 1.21. The monoisotopic (exact) mass is 435 g/mol. The molecule has 1 N–H and O–H groups in total. The minimum atomic E-state index is 0.0669. The van der Waals surface area contributed by atoms with Gasteiger partial charge in [-0.25, -0.2) is 10.1 Å². The Kier molecular flexibility index (Phi) is 4.48. The Morgan fingerprint density at radius 1 is 1.16 bits per heavy atom. The molecule has 2 aliphatic heterocycles. The summed E-state index contributed by atoms with van der Waals surface area (Å²) in [5.74, 6) is 2.67. The fourth-order valence-corrected chi connectivity index (χ4v) is 5.27.